The summed E-state index contributed by atoms with van der Waals surface area (Å²) in [4.78, 5) is 12.5. The molecule has 0 radical (unpaired) electrons. The minimum atomic E-state index is -0.387. The molecular weight excluding hydrogens is 436 g/mol. The van der Waals surface area contributed by atoms with Crippen LogP contribution in [0.25, 0.3) is 0 Å². The first-order valence-electron chi connectivity index (χ1n) is 7.86. The smallest absolute Gasteiger partial charge is 0.343 e. The Morgan fingerprint density at radius 3 is 2.42 bits per heavy atom. The van der Waals surface area contributed by atoms with E-state index in [1.165, 1.54) is 0 Å². The molecule has 2 aromatic carbocycles. The maximum atomic E-state index is 12.5. The van der Waals surface area contributed by atoms with Gasteiger partial charge in [-0.3, -0.25) is 0 Å². The van der Waals surface area contributed by atoms with Crippen molar-refractivity contribution in [1.82, 2.24) is 0 Å². The molecule has 5 heteroatoms. The molecule has 0 aliphatic rings. The maximum Gasteiger partial charge on any atom is 0.343 e. The topological polar surface area (TPSA) is 35.5 Å². The standard InChI is InChI=1S/C19H20Br2O3/c1-4-9-23-18-7-5-13(10-16(18)21)19(22)24-17-8-6-14(20)11-15(17)12(2)3/h5-8,10-12H,4,9H2,1-3H3. The molecule has 0 saturated heterocycles. The molecule has 0 unspecified atom stereocenters. The summed E-state index contributed by atoms with van der Waals surface area (Å²) in [5.74, 6) is 1.17. The van der Waals surface area contributed by atoms with Gasteiger partial charge >= 0.3 is 5.97 Å². The van der Waals surface area contributed by atoms with E-state index >= 15 is 0 Å². The fraction of sp³-hybridized carbons (Fsp3) is 0.316. The Morgan fingerprint density at radius 1 is 1.08 bits per heavy atom. The van der Waals surface area contributed by atoms with Gasteiger partial charge in [0.2, 0.25) is 0 Å². The highest BCUT2D eigenvalue weighted by Gasteiger charge is 2.15. The number of hydrogen-bond acceptors (Lipinski definition) is 3. The van der Waals surface area contributed by atoms with Crippen LogP contribution in [0.1, 0.15) is 49.0 Å². The van der Waals surface area contributed by atoms with Gasteiger partial charge in [-0.15, -0.1) is 0 Å². The Kier molecular flexibility index (Phi) is 6.87. The summed E-state index contributed by atoms with van der Waals surface area (Å²) in [6.45, 7) is 6.81. The van der Waals surface area contributed by atoms with Crippen LogP contribution in [0, 0.1) is 0 Å². The predicted octanol–water partition coefficient (Wildman–Crippen LogP) is 6.34. The van der Waals surface area contributed by atoms with Crippen LogP contribution in [0.5, 0.6) is 11.5 Å². The van der Waals surface area contributed by atoms with Gasteiger partial charge in [0.25, 0.3) is 0 Å². The zero-order chi connectivity index (χ0) is 17.7. The molecule has 0 amide bonds. The van der Waals surface area contributed by atoms with Crippen LogP contribution in [0.4, 0.5) is 0 Å². The molecule has 0 bridgehead atoms. The average molecular weight is 456 g/mol. The molecule has 0 saturated carbocycles. The van der Waals surface area contributed by atoms with Gasteiger partial charge in [-0.1, -0.05) is 36.7 Å². The lowest BCUT2D eigenvalue weighted by molar-refractivity contribution is 0.0732. The lowest BCUT2D eigenvalue weighted by atomic mass is 10.0. The molecule has 0 N–H and O–H groups in total. The van der Waals surface area contributed by atoms with Crippen LogP contribution in [0.15, 0.2) is 45.3 Å². The number of ether oxygens (including phenoxy) is 2. The van der Waals surface area contributed by atoms with Gasteiger partial charge in [0, 0.05) is 4.47 Å². The first-order valence-corrected chi connectivity index (χ1v) is 9.45. The number of benzene rings is 2. The van der Waals surface area contributed by atoms with Gasteiger partial charge in [-0.25, -0.2) is 4.79 Å². The highest BCUT2D eigenvalue weighted by atomic mass is 79.9. The van der Waals surface area contributed by atoms with Gasteiger partial charge in [0.05, 0.1) is 16.6 Å². The van der Waals surface area contributed by atoms with Crippen molar-refractivity contribution in [3.63, 3.8) is 0 Å². The summed E-state index contributed by atoms with van der Waals surface area (Å²) in [6.07, 6.45) is 0.928. The van der Waals surface area contributed by atoms with E-state index in [-0.39, 0.29) is 11.9 Å². The van der Waals surface area contributed by atoms with Gasteiger partial charge in [-0.2, -0.15) is 0 Å². The number of carbonyl (C=O) groups is 1. The van der Waals surface area contributed by atoms with Crippen LogP contribution in [-0.2, 0) is 0 Å². The van der Waals surface area contributed by atoms with Crippen molar-refractivity contribution in [2.45, 2.75) is 33.1 Å². The van der Waals surface area contributed by atoms with E-state index in [1.807, 2.05) is 25.1 Å². The molecule has 128 valence electrons. The fourth-order valence-electron chi connectivity index (χ4n) is 2.18. The SMILES string of the molecule is CCCOc1ccc(C(=O)Oc2ccc(Br)cc2C(C)C)cc1Br. The molecule has 3 nitrogen and oxygen atoms in total. The van der Waals surface area contributed by atoms with E-state index in [0.717, 1.165) is 26.7 Å². The molecule has 0 heterocycles. The maximum absolute atomic E-state index is 12.5. The van der Waals surface area contributed by atoms with Gasteiger partial charge < -0.3 is 9.47 Å². The van der Waals surface area contributed by atoms with Gasteiger partial charge in [-0.05, 0) is 70.2 Å². The molecule has 0 aliphatic heterocycles. The van der Waals surface area contributed by atoms with Crippen LogP contribution in [0.3, 0.4) is 0 Å². The van der Waals surface area contributed by atoms with Crippen molar-refractivity contribution in [1.29, 1.82) is 0 Å². The van der Waals surface area contributed by atoms with Gasteiger partial charge in [0.1, 0.15) is 11.5 Å². The van der Waals surface area contributed by atoms with E-state index in [2.05, 4.69) is 45.7 Å². The quantitative estimate of drug-likeness (QED) is 0.376. The highest BCUT2D eigenvalue weighted by molar-refractivity contribution is 9.10. The van der Waals surface area contributed by atoms with Crippen molar-refractivity contribution in [3.05, 3.63) is 56.5 Å². The van der Waals surface area contributed by atoms with Crippen molar-refractivity contribution >= 4 is 37.8 Å². The van der Waals surface area contributed by atoms with Gasteiger partial charge in [0.15, 0.2) is 0 Å². The Morgan fingerprint density at radius 2 is 1.79 bits per heavy atom. The molecule has 0 atom stereocenters. The minimum Gasteiger partial charge on any atom is -0.492 e. The van der Waals surface area contributed by atoms with Crippen LogP contribution in [-0.4, -0.2) is 12.6 Å². The van der Waals surface area contributed by atoms with Crippen molar-refractivity contribution in [2.24, 2.45) is 0 Å². The molecule has 2 aromatic rings. The summed E-state index contributed by atoms with van der Waals surface area (Å²) in [6, 6.07) is 10.9. The monoisotopic (exact) mass is 454 g/mol. The zero-order valence-electron chi connectivity index (χ0n) is 13.9. The summed E-state index contributed by atoms with van der Waals surface area (Å²) < 4.78 is 12.9. The summed E-state index contributed by atoms with van der Waals surface area (Å²) >= 11 is 6.89. The molecular formula is C19H20Br2O3. The van der Waals surface area contributed by atoms with Crippen molar-refractivity contribution < 1.29 is 14.3 Å². The number of carbonyl (C=O) groups excluding carboxylic acids is 1. The minimum absolute atomic E-state index is 0.252. The first kappa shape index (κ1) is 19.0. The highest BCUT2D eigenvalue weighted by Crippen LogP contribution is 2.31. The second-order valence-corrected chi connectivity index (χ2v) is 7.49. The second kappa shape index (κ2) is 8.67. The Bertz CT molecular complexity index is 727. The van der Waals surface area contributed by atoms with E-state index in [9.17, 15) is 4.79 Å². The third-order valence-corrected chi connectivity index (χ3v) is 4.54. The number of rotatable bonds is 6. The third kappa shape index (κ3) is 4.84. The van der Waals surface area contributed by atoms with E-state index in [0.29, 0.717) is 17.9 Å². The lowest BCUT2D eigenvalue weighted by Gasteiger charge is -2.14. The zero-order valence-corrected chi connectivity index (χ0v) is 17.1. The third-order valence-electron chi connectivity index (χ3n) is 3.43. The second-order valence-electron chi connectivity index (χ2n) is 5.72. The van der Waals surface area contributed by atoms with E-state index in [4.69, 9.17) is 9.47 Å². The Labute approximate surface area is 159 Å². The average Bonchev–Trinajstić information content (AvgIpc) is 2.55. The van der Waals surface area contributed by atoms with E-state index in [1.54, 1.807) is 18.2 Å². The number of halogens is 2. The molecule has 0 spiro atoms. The number of esters is 1. The first-order chi connectivity index (χ1) is 11.4. The van der Waals surface area contributed by atoms with Crippen LogP contribution < -0.4 is 9.47 Å². The molecule has 0 aliphatic carbocycles. The normalized spacial score (nSPS) is 10.8. The summed E-state index contributed by atoms with van der Waals surface area (Å²) in [5.41, 5.74) is 1.46. The fourth-order valence-corrected chi connectivity index (χ4v) is 3.05. The molecule has 0 fully saturated rings. The lowest BCUT2D eigenvalue weighted by Crippen LogP contribution is -2.10. The largest absolute Gasteiger partial charge is 0.492 e. The number of hydrogen-bond donors (Lipinski definition) is 0. The molecule has 0 aromatic heterocycles. The van der Waals surface area contributed by atoms with E-state index < -0.39 is 0 Å². The molecule has 24 heavy (non-hydrogen) atoms. The van der Waals surface area contributed by atoms with Crippen LogP contribution in [0.2, 0.25) is 0 Å². The summed E-state index contributed by atoms with van der Waals surface area (Å²) in [5, 5.41) is 0. The van der Waals surface area contributed by atoms with Crippen molar-refractivity contribution in [2.75, 3.05) is 6.61 Å². The molecule has 2 rings (SSSR count). The Balaban J connectivity index is 2.20. The Hall–Kier alpha value is -1.33. The summed E-state index contributed by atoms with van der Waals surface area (Å²) in [7, 11) is 0. The predicted molar refractivity (Wildman–Crippen MR) is 103 cm³/mol. The van der Waals surface area contributed by atoms with Crippen LogP contribution >= 0.6 is 31.9 Å². The van der Waals surface area contributed by atoms with Crippen molar-refractivity contribution in [3.8, 4) is 11.5 Å².